The molecule has 2 fully saturated rings. The highest BCUT2D eigenvalue weighted by Gasteiger charge is 2.37. The zero-order valence-corrected chi connectivity index (χ0v) is 14.4. The number of benzene rings is 1. The number of halogens is 2. The quantitative estimate of drug-likeness (QED) is 0.852. The van der Waals surface area contributed by atoms with Gasteiger partial charge in [0, 0.05) is 17.1 Å². The first-order chi connectivity index (χ1) is 9.72. The Morgan fingerprint density at radius 3 is 2.90 bits per heavy atom. The molecule has 0 bridgehead atoms. The van der Waals surface area contributed by atoms with Crippen molar-refractivity contribution in [2.45, 2.75) is 50.7 Å². The van der Waals surface area contributed by atoms with Gasteiger partial charge in [0.25, 0.3) is 0 Å². The van der Waals surface area contributed by atoms with E-state index in [4.69, 9.17) is 0 Å². The smallest absolute Gasteiger partial charge is 0.237 e. The van der Waals surface area contributed by atoms with Gasteiger partial charge in [-0.1, -0.05) is 40.9 Å². The van der Waals surface area contributed by atoms with Crippen LogP contribution in [0.2, 0.25) is 0 Å². The molecule has 21 heavy (non-hydrogen) atoms. The van der Waals surface area contributed by atoms with Crippen molar-refractivity contribution in [2.24, 2.45) is 5.92 Å². The molecule has 3 atom stereocenters. The van der Waals surface area contributed by atoms with Crippen molar-refractivity contribution in [2.75, 3.05) is 0 Å². The second kappa shape index (κ2) is 7.61. The Kier molecular flexibility index (Phi) is 6.08. The van der Waals surface area contributed by atoms with E-state index in [2.05, 4.69) is 26.6 Å². The summed E-state index contributed by atoms with van der Waals surface area (Å²) < 4.78 is 1.05. The van der Waals surface area contributed by atoms with Gasteiger partial charge in [-0.15, -0.1) is 12.4 Å². The molecule has 2 aliphatic rings. The van der Waals surface area contributed by atoms with Crippen LogP contribution < -0.4 is 10.6 Å². The van der Waals surface area contributed by atoms with E-state index in [1.165, 1.54) is 25.7 Å². The number of amides is 1. The molecule has 116 valence electrons. The summed E-state index contributed by atoms with van der Waals surface area (Å²) in [4.78, 5) is 12.3. The Morgan fingerprint density at radius 2 is 2.14 bits per heavy atom. The van der Waals surface area contributed by atoms with Crippen molar-refractivity contribution >= 4 is 34.2 Å². The normalized spacial score (nSPS) is 27.6. The van der Waals surface area contributed by atoms with Crippen LogP contribution in [-0.4, -0.2) is 18.0 Å². The lowest BCUT2D eigenvalue weighted by Gasteiger charge is -2.24. The molecule has 0 aromatic heterocycles. The molecule has 1 aromatic carbocycles. The SMILES string of the molecule is Cl.O=C(NCc1cccc(Br)c1)C1CC2CCCCC2N1. The maximum Gasteiger partial charge on any atom is 0.237 e. The van der Waals surface area contributed by atoms with Crippen LogP contribution in [0.4, 0.5) is 0 Å². The number of carbonyl (C=O) groups is 1. The van der Waals surface area contributed by atoms with Crippen LogP contribution in [0.5, 0.6) is 0 Å². The number of hydrogen-bond acceptors (Lipinski definition) is 2. The van der Waals surface area contributed by atoms with Crippen molar-refractivity contribution < 1.29 is 4.79 Å². The monoisotopic (exact) mass is 372 g/mol. The number of rotatable bonds is 3. The first-order valence-corrected chi connectivity index (χ1v) is 8.30. The third kappa shape index (κ3) is 4.21. The maximum atomic E-state index is 12.3. The molecule has 0 radical (unpaired) electrons. The molecule has 1 heterocycles. The highest BCUT2D eigenvalue weighted by Crippen LogP contribution is 2.33. The molecule has 1 amide bonds. The molecule has 3 nitrogen and oxygen atoms in total. The topological polar surface area (TPSA) is 41.1 Å². The summed E-state index contributed by atoms with van der Waals surface area (Å²) in [6.07, 6.45) is 6.16. The third-order valence-electron chi connectivity index (χ3n) is 4.54. The van der Waals surface area contributed by atoms with Gasteiger partial charge in [-0.05, 0) is 42.9 Å². The standard InChI is InChI=1S/C16H21BrN2O.ClH/c17-13-6-3-4-11(8-13)10-18-16(20)15-9-12-5-1-2-7-14(12)19-15;/h3-4,6,8,12,14-15,19H,1-2,5,7,9-10H2,(H,18,20);1H. The molecule has 1 aliphatic heterocycles. The first-order valence-electron chi connectivity index (χ1n) is 7.50. The van der Waals surface area contributed by atoms with Gasteiger partial charge < -0.3 is 10.6 Å². The lowest BCUT2D eigenvalue weighted by atomic mass is 9.85. The first kappa shape index (κ1) is 16.8. The Labute approximate surface area is 140 Å². The van der Waals surface area contributed by atoms with Crippen LogP contribution in [-0.2, 0) is 11.3 Å². The van der Waals surface area contributed by atoms with E-state index < -0.39 is 0 Å². The summed E-state index contributed by atoms with van der Waals surface area (Å²) >= 11 is 3.45. The van der Waals surface area contributed by atoms with E-state index in [0.717, 1.165) is 16.5 Å². The Hall–Kier alpha value is -0.580. The predicted molar refractivity (Wildman–Crippen MR) is 90.5 cm³/mol. The van der Waals surface area contributed by atoms with Crippen LogP contribution >= 0.6 is 28.3 Å². The van der Waals surface area contributed by atoms with Gasteiger partial charge in [0.05, 0.1) is 6.04 Å². The Morgan fingerprint density at radius 1 is 1.33 bits per heavy atom. The minimum absolute atomic E-state index is 0. The van der Waals surface area contributed by atoms with Crippen molar-refractivity contribution in [3.8, 4) is 0 Å². The number of fused-ring (bicyclic) bond motifs is 1. The molecule has 3 unspecified atom stereocenters. The van der Waals surface area contributed by atoms with Gasteiger partial charge >= 0.3 is 0 Å². The number of hydrogen-bond donors (Lipinski definition) is 2. The fraction of sp³-hybridized carbons (Fsp3) is 0.562. The zero-order chi connectivity index (χ0) is 13.9. The van der Waals surface area contributed by atoms with Gasteiger partial charge in [0.15, 0.2) is 0 Å². The van der Waals surface area contributed by atoms with E-state index >= 15 is 0 Å². The predicted octanol–water partition coefficient (Wildman–Crippen LogP) is 3.41. The molecule has 2 N–H and O–H groups in total. The molecule has 0 spiro atoms. The lowest BCUT2D eigenvalue weighted by molar-refractivity contribution is -0.123. The summed E-state index contributed by atoms with van der Waals surface area (Å²) in [6.45, 7) is 0.603. The molecular formula is C16H22BrClN2O. The van der Waals surface area contributed by atoms with Crippen LogP contribution in [0.1, 0.15) is 37.7 Å². The summed E-state index contributed by atoms with van der Waals surface area (Å²) in [5, 5.41) is 6.57. The average Bonchev–Trinajstić information content (AvgIpc) is 2.89. The molecule has 1 aromatic rings. The number of nitrogens with one attached hydrogen (secondary N) is 2. The summed E-state index contributed by atoms with van der Waals surface area (Å²) in [6, 6.07) is 8.65. The summed E-state index contributed by atoms with van der Waals surface area (Å²) in [7, 11) is 0. The van der Waals surface area contributed by atoms with Crippen LogP contribution in [0.3, 0.4) is 0 Å². The summed E-state index contributed by atoms with van der Waals surface area (Å²) in [5.74, 6) is 0.866. The Balaban J connectivity index is 0.00000161. The van der Waals surface area contributed by atoms with Gasteiger partial charge in [-0.25, -0.2) is 0 Å². The minimum Gasteiger partial charge on any atom is -0.351 e. The summed E-state index contributed by atoms with van der Waals surface area (Å²) in [5.41, 5.74) is 1.13. The van der Waals surface area contributed by atoms with Crippen molar-refractivity contribution in [3.05, 3.63) is 34.3 Å². The van der Waals surface area contributed by atoms with Crippen LogP contribution in [0, 0.1) is 5.92 Å². The van der Waals surface area contributed by atoms with E-state index in [1.807, 2.05) is 24.3 Å². The van der Waals surface area contributed by atoms with Gasteiger partial charge in [0.2, 0.25) is 5.91 Å². The van der Waals surface area contributed by atoms with Gasteiger partial charge in [-0.2, -0.15) is 0 Å². The van der Waals surface area contributed by atoms with E-state index in [9.17, 15) is 4.79 Å². The molecular weight excluding hydrogens is 352 g/mol. The second-order valence-electron chi connectivity index (χ2n) is 5.95. The molecule has 3 rings (SSSR count). The highest BCUT2D eigenvalue weighted by molar-refractivity contribution is 9.10. The number of carbonyl (C=O) groups excluding carboxylic acids is 1. The highest BCUT2D eigenvalue weighted by atomic mass is 79.9. The maximum absolute atomic E-state index is 12.3. The molecule has 1 aliphatic carbocycles. The Bertz CT molecular complexity index is 483. The van der Waals surface area contributed by atoms with Crippen LogP contribution in [0.15, 0.2) is 28.7 Å². The van der Waals surface area contributed by atoms with Crippen molar-refractivity contribution in [3.63, 3.8) is 0 Å². The van der Waals surface area contributed by atoms with Crippen molar-refractivity contribution in [1.29, 1.82) is 0 Å². The molecule has 1 saturated heterocycles. The minimum atomic E-state index is 0. The fourth-order valence-corrected chi connectivity index (χ4v) is 3.93. The van der Waals surface area contributed by atoms with Gasteiger partial charge in [0.1, 0.15) is 0 Å². The second-order valence-corrected chi connectivity index (χ2v) is 6.87. The molecule has 5 heteroatoms. The van der Waals surface area contributed by atoms with Crippen molar-refractivity contribution in [1.82, 2.24) is 10.6 Å². The van der Waals surface area contributed by atoms with E-state index in [-0.39, 0.29) is 24.4 Å². The van der Waals surface area contributed by atoms with E-state index in [1.54, 1.807) is 0 Å². The fourth-order valence-electron chi connectivity index (χ4n) is 3.48. The van der Waals surface area contributed by atoms with Gasteiger partial charge in [-0.3, -0.25) is 4.79 Å². The van der Waals surface area contributed by atoms with E-state index in [0.29, 0.717) is 18.5 Å². The average molecular weight is 374 g/mol. The zero-order valence-electron chi connectivity index (χ0n) is 12.0. The third-order valence-corrected chi connectivity index (χ3v) is 5.03. The lowest BCUT2D eigenvalue weighted by Crippen LogP contribution is -2.42. The largest absolute Gasteiger partial charge is 0.351 e. The molecule has 1 saturated carbocycles. The van der Waals surface area contributed by atoms with Crippen LogP contribution in [0.25, 0.3) is 0 Å².